The highest BCUT2D eigenvalue weighted by atomic mass is 35.5. The van der Waals surface area contributed by atoms with Crippen LogP contribution in [0.1, 0.15) is 27.4 Å². The summed E-state index contributed by atoms with van der Waals surface area (Å²) in [5, 5.41) is 9.77. The zero-order valence-electron chi connectivity index (χ0n) is 10.4. The van der Waals surface area contributed by atoms with E-state index in [-0.39, 0.29) is 5.78 Å². The average molecular weight is 270 g/mol. The summed E-state index contributed by atoms with van der Waals surface area (Å²) in [6, 6.07) is 16.1. The van der Waals surface area contributed by atoms with Gasteiger partial charge in [-0.15, -0.1) is 0 Å². The fraction of sp³-hybridized carbons (Fsp3) is 0.125. The van der Waals surface area contributed by atoms with Crippen molar-refractivity contribution in [2.24, 2.45) is 0 Å². The van der Waals surface area contributed by atoms with Crippen molar-refractivity contribution in [1.29, 1.82) is 5.26 Å². The van der Waals surface area contributed by atoms with Gasteiger partial charge in [-0.25, -0.2) is 0 Å². The van der Waals surface area contributed by atoms with E-state index in [1.165, 1.54) is 0 Å². The number of Topliss-reactive ketones (excluding diaryl/α,β-unsaturated/α-hetero) is 1. The van der Waals surface area contributed by atoms with Crippen molar-refractivity contribution in [3.8, 4) is 6.07 Å². The highest BCUT2D eigenvalue weighted by Crippen LogP contribution is 2.23. The van der Waals surface area contributed by atoms with Crippen molar-refractivity contribution < 1.29 is 4.79 Å². The van der Waals surface area contributed by atoms with Gasteiger partial charge in [0, 0.05) is 10.6 Å². The van der Waals surface area contributed by atoms with Gasteiger partial charge in [0.2, 0.25) is 0 Å². The Morgan fingerprint density at radius 2 is 1.89 bits per heavy atom. The van der Waals surface area contributed by atoms with Crippen molar-refractivity contribution in [1.82, 2.24) is 0 Å². The predicted octanol–water partition coefficient (Wildman–Crippen LogP) is 4.14. The summed E-state index contributed by atoms with van der Waals surface area (Å²) >= 11 is 5.90. The fourth-order valence-corrected chi connectivity index (χ4v) is 2.05. The minimum absolute atomic E-state index is 0.204. The van der Waals surface area contributed by atoms with Crippen LogP contribution in [0.5, 0.6) is 0 Å². The Morgan fingerprint density at radius 1 is 1.21 bits per heavy atom. The normalized spacial score (nSPS) is 11.6. The van der Waals surface area contributed by atoms with Gasteiger partial charge in [-0.3, -0.25) is 4.79 Å². The van der Waals surface area contributed by atoms with Crippen molar-refractivity contribution in [2.45, 2.75) is 12.8 Å². The van der Waals surface area contributed by atoms with Gasteiger partial charge >= 0.3 is 0 Å². The topological polar surface area (TPSA) is 40.9 Å². The number of ketones is 1. The third-order valence-electron chi connectivity index (χ3n) is 2.91. The molecule has 2 nitrogen and oxygen atoms in total. The second kappa shape index (κ2) is 5.69. The van der Waals surface area contributed by atoms with Gasteiger partial charge in [0.15, 0.2) is 5.78 Å². The smallest absolute Gasteiger partial charge is 0.184 e. The largest absolute Gasteiger partial charge is 0.292 e. The highest BCUT2D eigenvalue weighted by molar-refractivity contribution is 6.30. The van der Waals surface area contributed by atoms with Gasteiger partial charge in [0.25, 0.3) is 0 Å². The van der Waals surface area contributed by atoms with Crippen LogP contribution in [0, 0.1) is 18.3 Å². The molecule has 0 aliphatic rings. The maximum Gasteiger partial charge on any atom is 0.184 e. The van der Waals surface area contributed by atoms with E-state index in [9.17, 15) is 10.1 Å². The molecule has 0 aliphatic carbocycles. The van der Waals surface area contributed by atoms with E-state index in [1.807, 2.05) is 19.1 Å². The second-order valence-electron chi connectivity index (χ2n) is 4.35. The van der Waals surface area contributed by atoms with Gasteiger partial charge in [0.1, 0.15) is 5.92 Å². The maximum atomic E-state index is 12.3. The zero-order chi connectivity index (χ0) is 13.8. The number of carbonyl (C=O) groups excluding carboxylic acids is 1. The zero-order valence-corrected chi connectivity index (χ0v) is 11.2. The van der Waals surface area contributed by atoms with Crippen LogP contribution >= 0.6 is 11.6 Å². The van der Waals surface area contributed by atoms with Crippen LogP contribution in [0.25, 0.3) is 0 Å². The molecule has 0 bridgehead atoms. The first kappa shape index (κ1) is 13.3. The Hall–Kier alpha value is -2.11. The molecule has 0 N–H and O–H groups in total. The summed E-state index contributed by atoms with van der Waals surface area (Å²) in [5.74, 6) is -1.02. The van der Waals surface area contributed by atoms with Crippen LogP contribution in [0.2, 0.25) is 5.02 Å². The molecule has 1 atom stereocenters. The summed E-state index contributed by atoms with van der Waals surface area (Å²) in [4.78, 5) is 12.3. The molecular weight excluding hydrogens is 258 g/mol. The molecule has 2 aromatic rings. The average Bonchev–Trinajstić information content (AvgIpc) is 2.40. The van der Waals surface area contributed by atoms with Crippen molar-refractivity contribution in [3.63, 3.8) is 0 Å². The minimum Gasteiger partial charge on any atom is -0.292 e. The van der Waals surface area contributed by atoms with Crippen molar-refractivity contribution in [3.05, 3.63) is 70.2 Å². The highest BCUT2D eigenvalue weighted by Gasteiger charge is 2.21. The van der Waals surface area contributed by atoms with Crippen LogP contribution in [0.4, 0.5) is 0 Å². The van der Waals surface area contributed by atoms with Crippen LogP contribution in [-0.4, -0.2) is 5.78 Å². The third-order valence-corrected chi connectivity index (χ3v) is 3.14. The van der Waals surface area contributed by atoms with E-state index < -0.39 is 5.92 Å². The maximum absolute atomic E-state index is 12.3. The summed E-state index contributed by atoms with van der Waals surface area (Å²) in [6.07, 6.45) is 0. The monoisotopic (exact) mass is 269 g/mol. The Morgan fingerprint density at radius 3 is 2.47 bits per heavy atom. The first-order valence-electron chi connectivity index (χ1n) is 5.88. The SMILES string of the molecule is Cc1ccc(C(=O)C(C#N)c2cccc(Cl)c2)cc1. The van der Waals surface area contributed by atoms with Gasteiger partial charge in [-0.05, 0) is 24.6 Å². The molecular formula is C16H12ClNO. The lowest BCUT2D eigenvalue weighted by Gasteiger charge is -2.09. The fourth-order valence-electron chi connectivity index (χ4n) is 1.86. The Bertz CT molecular complexity index is 641. The van der Waals surface area contributed by atoms with Gasteiger partial charge in [-0.1, -0.05) is 53.6 Å². The molecule has 2 rings (SSSR count). The number of hydrogen-bond donors (Lipinski definition) is 0. The molecule has 0 spiro atoms. The molecule has 2 aromatic carbocycles. The van der Waals surface area contributed by atoms with Crippen molar-refractivity contribution in [2.75, 3.05) is 0 Å². The molecule has 0 saturated carbocycles. The summed E-state index contributed by atoms with van der Waals surface area (Å²) in [5.41, 5.74) is 2.24. The number of halogens is 1. The molecule has 94 valence electrons. The van der Waals surface area contributed by atoms with Gasteiger partial charge in [0.05, 0.1) is 6.07 Å². The molecule has 0 radical (unpaired) electrons. The van der Waals surface area contributed by atoms with Crippen molar-refractivity contribution >= 4 is 17.4 Å². The lowest BCUT2D eigenvalue weighted by molar-refractivity contribution is 0.0979. The first-order chi connectivity index (χ1) is 9.11. The molecule has 0 fully saturated rings. The number of benzene rings is 2. The Kier molecular flexibility index (Phi) is 3.99. The minimum atomic E-state index is -0.818. The molecule has 0 heterocycles. The predicted molar refractivity (Wildman–Crippen MR) is 75.3 cm³/mol. The number of nitrogens with zero attached hydrogens (tertiary/aromatic N) is 1. The summed E-state index contributed by atoms with van der Waals surface area (Å²) in [7, 11) is 0. The first-order valence-corrected chi connectivity index (χ1v) is 6.25. The molecule has 0 amide bonds. The summed E-state index contributed by atoms with van der Waals surface area (Å²) in [6.45, 7) is 1.95. The van der Waals surface area contributed by atoms with E-state index in [0.29, 0.717) is 16.1 Å². The van der Waals surface area contributed by atoms with Crippen LogP contribution in [0.3, 0.4) is 0 Å². The lowest BCUT2D eigenvalue weighted by atomic mass is 9.91. The Balaban J connectivity index is 2.35. The molecule has 1 unspecified atom stereocenters. The summed E-state index contributed by atoms with van der Waals surface area (Å²) < 4.78 is 0. The molecule has 19 heavy (non-hydrogen) atoms. The number of aryl methyl sites for hydroxylation is 1. The van der Waals surface area contributed by atoms with E-state index in [4.69, 9.17) is 11.6 Å². The standard InChI is InChI=1S/C16H12ClNO/c1-11-5-7-12(8-6-11)16(19)15(10-18)13-3-2-4-14(17)9-13/h2-9,15H,1H3. The second-order valence-corrected chi connectivity index (χ2v) is 4.78. The van der Waals surface area contributed by atoms with E-state index in [2.05, 4.69) is 6.07 Å². The number of rotatable bonds is 3. The van der Waals surface area contributed by atoms with Gasteiger partial charge < -0.3 is 0 Å². The quantitative estimate of drug-likeness (QED) is 0.786. The van der Waals surface area contributed by atoms with E-state index in [0.717, 1.165) is 5.56 Å². The third kappa shape index (κ3) is 3.01. The molecule has 0 aliphatic heterocycles. The van der Waals surface area contributed by atoms with Crippen LogP contribution < -0.4 is 0 Å². The molecule has 3 heteroatoms. The van der Waals surface area contributed by atoms with Gasteiger partial charge in [-0.2, -0.15) is 5.26 Å². The number of carbonyl (C=O) groups is 1. The van der Waals surface area contributed by atoms with E-state index >= 15 is 0 Å². The molecule has 0 saturated heterocycles. The van der Waals surface area contributed by atoms with E-state index in [1.54, 1.807) is 36.4 Å². The van der Waals surface area contributed by atoms with Crippen LogP contribution in [0.15, 0.2) is 48.5 Å². The Labute approximate surface area is 117 Å². The van der Waals surface area contributed by atoms with Crippen LogP contribution in [-0.2, 0) is 0 Å². The number of nitriles is 1. The molecule has 0 aromatic heterocycles. The number of hydrogen-bond acceptors (Lipinski definition) is 2. The lowest BCUT2D eigenvalue weighted by Crippen LogP contribution is -2.11.